The first-order valence-electron chi connectivity index (χ1n) is 11.2. The number of alkyl halides is 4. The van der Waals surface area contributed by atoms with Gasteiger partial charge in [-0.05, 0) is 72.7 Å². The summed E-state index contributed by atoms with van der Waals surface area (Å²) < 4.78 is 70.3. The van der Waals surface area contributed by atoms with Gasteiger partial charge in [0.25, 0.3) is 0 Å². The molecule has 0 bridgehead atoms. The molecule has 2 atom stereocenters. The second-order valence-electron chi connectivity index (χ2n) is 8.45. The molecule has 1 unspecified atom stereocenters. The summed E-state index contributed by atoms with van der Waals surface area (Å²) in [5, 5.41) is 0. The van der Waals surface area contributed by atoms with Crippen molar-refractivity contribution in [1.82, 2.24) is 0 Å². The lowest BCUT2D eigenvalue weighted by Gasteiger charge is -2.43. The smallest absolute Gasteiger partial charge is 0.429 e. The van der Waals surface area contributed by atoms with Crippen molar-refractivity contribution in [3.05, 3.63) is 77.8 Å². The van der Waals surface area contributed by atoms with Gasteiger partial charge in [-0.25, -0.2) is 4.39 Å². The molecule has 2 nitrogen and oxygen atoms in total. The summed E-state index contributed by atoms with van der Waals surface area (Å²) in [5.74, 6) is -0.681. The Morgan fingerprint density at radius 2 is 1.94 bits per heavy atom. The number of ether oxygens (including phenoxy) is 1. The molecule has 0 amide bonds. The number of hydrogen-bond acceptors (Lipinski definition) is 2. The molecular formula is C26H26F5NO. The Balaban J connectivity index is 1.65. The summed E-state index contributed by atoms with van der Waals surface area (Å²) in [6.07, 6.45) is -0.870. The minimum absolute atomic E-state index is 0.00364. The second kappa shape index (κ2) is 9.57. The zero-order chi connectivity index (χ0) is 23.6. The van der Waals surface area contributed by atoms with Crippen molar-refractivity contribution >= 4 is 5.69 Å². The van der Waals surface area contributed by atoms with Gasteiger partial charge < -0.3 is 9.64 Å². The summed E-state index contributed by atoms with van der Waals surface area (Å²) in [4.78, 5) is 2.27. The third-order valence-corrected chi connectivity index (χ3v) is 6.22. The Bertz CT molecular complexity index is 1050. The summed E-state index contributed by atoms with van der Waals surface area (Å²) >= 11 is 0. The maximum absolute atomic E-state index is 13.9. The van der Waals surface area contributed by atoms with Crippen LogP contribution in [0.4, 0.5) is 27.6 Å². The largest absolute Gasteiger partial charge is 0.461 e. The number of hydrogen-bond donors (Lipinski definition) is 0. The van der Waals surface area contributed by atoms with Crippen LogP contribution in [-0.2, 0) is 11.2 Å². The van der Waals surface area contributed by atoms with Gasteiger partial charge in [-0.2, -0.15) is 17.6 Å². The van der Waals surface area contributed by atoms with E-state index in [1.807, 2.05) is 24.3 Å². The lowest BCUT2D eigenvalue weighted by atomic mass is 9.82. The van der Waals surface area contributed by atoms with Crippen LogP contribution in [0.3, 0.4) is 0 Å². The summed E-state index contributed by atoms with van der Waals surface area (Å²) in [6, 6.07) is 12.5. The molecule has 2 aromatic carbocycles. The van der Waals surface area contributed by atoms with Gasteiger partial charge in [0, 0.05) is 24.2 Å². The zero-order valence-electron chi connectivity index (χ0n) is 18.3. The highest BCUT2D eigenvalue weighted by atomic mass is 19.3. The normalized spacial score (nSPS) is 20.6. The van der Waals surface area contributed by atoms with Gasteiger partial charge in [0.05, 0.1) is 0 Å². The van der Waals surface area contributed by atoms with E-state index in [1.54, 1.807) is 18.2 Å². The van der Waals surface area contributed by atoms with Crippen molar-refractivity contribution in [2.24, 2.45) is 5.92 Å². The van der Waals surface area contributed by atoms with Crippen molar-refractivity contribution in [3.63, 3.8) is 0 Å². The molecule has 176 valence electrons. The molecule has 33 heavy (non-hydrogen) atoms. The number of anilines is 1. The minimum Gasteiger partial charge on any atom is -0.429 e. The monoisotopic (exact) mass is 463 g/mol. The van der Waals surface area contributed by atoms with E-state index in [0.29, 0.717) is 6.42 Å². The highest BCUT2D eigenvalue weighted by Gasteiger charge is 2.44. The fraction of sp³-hybridized carbons (Fsp3) is 0.385. The topological polar surface area (TPSA) is 12.5 Å². The summed E-state index contributed by atoms with van der Waals surface area (Å²) in [5.41, 5.74) is 3.96. The van der Waals surface area contributed by atoms with E-state index >= 15 is 0 Å². The van der Waals surface area contributed by atoms with Gasteiger partial charge in [-0.15, -0.1) is 0 Å². The standard InChI is InChI=1S/C26H26F5NO/c1-2-14-32-23(18-7-4-9-20(16-18)33-26(30,31)25(28)29)13-12-22-21(10-5-11-24(22)32)17-6-3-8-19(27)15-17/h3-6,8-11,15-16,18,23,25H,2,7,12-14H2,1H3/t18?,23-/m1/s1. The fourth-order valence-electron chi connectivity index (χ4n) is 4.85. The van der Waals surface area contributed by atoms with Crippen LogP contribution in [0.2, 0.25) is 0 Å². The molecule has 2 aliphatic rings. The lowest BCUT2D eigenvalue weighted by molar-refractivity contribution is -0.280. The third-order valence-electron chi connectivity index (χ3n) is 6.22. The first-order chi connectivity index (χ1) is 15.8. The highest BCUT2D eigenvalue weighted by Crippen LogP contribution is 2.41. The molecule has 1 heterocycles. The molecule has 0 N–H and O–H groups in total. The fourth-order valence-corrected chi connectivity index (χ4v) is 4.85. The van der Waals surface area contributed by atoms with Crippen molar-refractivity contribution < 1.29 is 26.7 Å². The number of halogens is 5. The maximum atomic E-state index is 13.9. The van der Waals surface area contributed by atoms with Crippen LogP contribution < -0.4 is 4.90 Å². The Morgan fingerprint density at radius 1 is 1.15 bits per heavy atom. The van der Waals surface area contributed by atoms with Crippen LogP contribution in [0.5, 0.6) is 0 Å². The van der Waals surface area contributed by atoms with Crippen molar-refractivity contribution in [1.29, 1.82) is 0 Å². The minimum atomic E-state index is -4.53. The van der Waals surface area contributed by atoms with Crippen LogP contribution in [0.25, 0.3) is 11.1 Å². The van der Waals surface area contributed by atoms with E-state index in [-0.39, 0.29) is 23.5 Å². The Morgan fingerprint density at radius 3 is 2.67 bits per heavy atom. The Hall–Kier alpha value is -2.83. The SMILES string of the molecule is CCCN1c2cccc(-c3cccc(F)c3)c2CC[C@@H]1C1C=C(OC(F)(F)C(F)F)C=CC1. The third kappa shape index (κ3) is 4.92. The molecule has 7 heteroatoms. The predicted molar refractivity (Wildman–Crippen MR) is 119 cm³/mol. The van der Waals surface area contributed by atoms with Gasteiger partial charge in [0.15, 0.2) is 0 Å². The van der Waals surface area contributed by atoms with Crippen LogP contribution in [-0.4, -0.2) is 25.1 Å². The molecule has 0 spiro atoms. The lowest BCUT2D eigenvalue weighted by Crippen LogP contribution is -2.44. The first-order valence-corrected chi connectivity index (χ1v) is 11.2. The molecule has 0 fully saturated rings. The molecule has 0 radical (unpaired) electrons. The van der Waals surface area contributed by atoms with E-state index in [0.717, 1.165) is 48.2 Å². The van der Waals surface area contributed by atoms with Crippen molar-refractivity contribution in [3.8, 4) is 11.1 Å². The van der Waals surface area contributed by atoms with E-state index in [9.17, 15) is 22.0 Å². The van der Waals surface area contributed by atoms with E-state index in [1.165, 1.54) is 18.2 Å². The Labute approximate surface area is 190 Å². The van der Waals surface area contributed by atoms with Gasteiger partial charge in [-0.1, -0.05) is 37.3 Å². The van der Waals surface area contributed by atoms with Gasteiger partial charge in [0.1, 0.15) is 11.6 Å². The second-order valence-corrected chi connectivity index (χ2v) is 8.45. The van der Waals surface area contributed by atoms with Crippen LogP contribution >= 0.6 is 0 Å². The summed E-state index contributed by atoms with van der Waals surface area (Å²) in [6.45, 7) is 2.82. The van der Waals surface area contributed by atoms with Crippen LogP contribution in [0.15, 0.2) is 66.5 Å². The quantitative estimate of drug-likeness (QED) is 0.398. The summed E-state index contributed by atoms with van der Waals surface area (Å²) in [7, 11) is 0. The van der Waals surface area contributed by atoms with Gasteiger partial charge in [0.2, 0.25) is 0 Å². The van der Waals surface area contributed by atoms with E-state index in [4.69, 9.17) is 0 Å². The number of nitrogens with zero attached hydrogens (tertiary/aromatic N) is 1. The number of fused-ring (bicyclic) bond motifs is 1. The first kappa shape index (κ1) is 23.3. The molecule has 0 saturated carbocycles. The average molecular weight is 463 g/mol. The number of rotatable bonds is 7. The highest BCUT2D eigenvalue weighted by molar-refractivity contribution is 5.75. The Kier molecular flexibility index (Phi) is 6.77. The number of allylic oxidation sites excluding steroid dienone is 2. The molecule has 0 aromatic heterocycles. The van der Waals surface area contributed by atoms with E-state index in [2.05, 4.69) is 16.6 Å². The van der Waals surface area contributed by atoms with Crippen molar-refractivity contribution in [2.75, 3.05) is 11.4 Å². The van der Waals surface area contributed by atoms with E-state index < -0.39 is 12.5 Å². The maximum Gasteiger partial charge on any atom is 0.461 e. The number of benzene rings is 2. The van der Waals surface area contributed by atoms with Gasteiger partial charge >= 0.3 is 12.5 Å². The predicted octanol–water partition coefficient (Wildman–Crippen LogP) is 7.36. The van der Waals surface area contributed by atoms with Crippen LogP contribution in [0, 0.1) is 11.7 Å². The molecule has 1 aliphatic carbocycles. The van der Waals surface area contributed by atoms with Crippen LogP contribution in [0.1, 0.15) is 31.7 Å². The molecule has 0 saturated heterocycles. The van der Waals surface area contributed by atoms with Gasteiger partial charge in [-0.3, -0.25) is 0 Å². The average Bonchev–Trinajstić information content (AvgIpc) is 2.79. The molecule has 2 aromatic rings. The van der Waals surface area contributed by atoms with Crippen molar-refractivity contribution in [2.45, 2.75) is 51.2 Å². The molecule has 1 aliphatic heterocycles. The molecular weight excluding hydrogens is 437 g/mol. The molecule has 4 rings (SSSR count). The zero-order valence-corrected chi connectivity index (χ0v) is 18.3.